The number of nitrogens with zero attached hydrogens (tertiary/aromatic N) is 1. The summed E-state index contributed by atoms with van der Waals surface area (Å²) in [5.74, 6) is -1.11. The molecule has 30 heavy (non-hydrogen) atoms. The largest absolute Gasteiger partial charge is 0.456 e. The molecule has 0 radical (unpaired) electrons. The van der Waals surface area contributed by atoms with Gasteiger partial charge in [-0.15, -0.1) is 0 Å². The van der Waals surface area contributed by atoms with Gasteiger partial charge in [-0.2, -0.15) is 0 Å². The number of carbonyl (C=O) groups is 2. The number of aromatic nitrogens is 1. The average molecular weight is 431 g/mol. The molecule has 8 heteroatoms. The van der Waals surface area contributed by atoms with Crippen LogP contribution in [-0.2, 0) is 19.6 Å². The Morgan fingerprint density at radius 1 is 1.17 bits per heavy atom. The molecule has 1 saturated carbocycles. The number of Topliss-reactive ketones (excluding diaryl/α,β-unsaturated/α-hetero) is 1. The van der Waals surface area contributed by atoms with Gasteiger partial charge in [-0.3, -0.25) is 9.59 Å². The topological polar surface area (TPSA) is 94.5 Å². The van der Waals surface area contributed by atoms with E-state index in [4.69, 9.17) is 4.74 Å². The van der Waals surface area contributed by atoms with Gasteiger partial charge in [0.05, 0.1) is 0 Å². The molecule has 0 saturated heterocycles. The third kappa shape index (κ3) is 5.67. The molecule has 0 atom stereocenters. The van der Waals surface area contributed by atoms with Crippen LogP contribution in [0.25, 0.3) is 6.08 Å². The number of hydrogen-bond donors (Lipinski definition) is 1. The Kier molecular flexibility index (Phi) is 6.58. The first kappa shape index (κ1) is 22.0. The van der Waals surface area contributed by atoms with Crippen molar-refractivity contribution < 1.29 is 22.7 Å². The molecule has 7 nitrogen and oxygen atoms in total. The van der Waals surface area contributed by atoms with Crippen LogP contribution in [0.2, 0.25) is 0 Å². The number of esters is 1. The smallest absolute Gasteiger partial charge is 0.321 e. The highest BCUT2D eigenvalue weighted by Crippen LogP contribution is 2.38. The number of aryl methyl sites for hydroxylation is 2. The molecule has 0 spiro atoms. The number of rotatable bonds is 9. The molecule has 2 aromatic rings. The number of carbonyl (C=O) groups excluding carboxylic acids is 2. The predicted molar refractivity (Wildman–Crippen MR) is 115 cm³/mol. The van der Waals surface area contributed by atoms with Crippen LogP contribution in [0.1, 0.15) is 51.8 Å². The van der Waals surface area contributed by atoms with Crippen LogP contribution in [-0.4, -0.2) is 37.9 Å². The average Bonchev–Trinajstić information content (AvgIpc) is 3.48. The van der Waals surface area contributed by atoms with E-state index in [1.807, 2.05) is 39.0 Å². The molecular formula is C22H26N2O5S. The van der Waals surface area contributed by atoms with Crippen molar-refractivity contribution in [3.8, 4) is 0 Å². The molecule has 160 valence electrons. The van der Waals surface area contributed by atoms with Crippen LogP contribution >= 0.6 is 0 Å². The number of hydrogen-bond acceptors (Lipinski definition) is 5. The molecule has 3 rings (SSSR count). The van der Waals surface area contributed by atoms with Gasteiger partial charge < -0.3 is 9.30 Å². The maximum atomic E-state index is 12.4. The summed E-state index contributed by atoms with van der Waals surface area (Å²) in [7, 11) is -3.81. The molecule has 1 aromatic carbocycles. The second kappa shape index (κ2) is 8.97. The van der Waals surface area contributed by atoms with Gasteiger partial charge in [-0.05, 0) is 51.3 Å². The maximum absolute atomic E-state index is 12.4. The SMILES string of the molecule is Cc1ccc(/C=C/S(=O)(=O)NCC(=O)OCC(=O)c2cc(C)n(C3CC3)c2C)cc1. The fourth-order valence-electron chi connectivity index (χ4n) is 3.28. The van der Waals surface area contributed by atoms with E-state index < -0.39 is 29.1 Å². The highest BCUT2D eigenvalue weighted by atomic mass is 32.2. The van der Waals surface area contributed by atoms with Crippen molar-refractivity contribution in [3.63, 3.8) is 0 Å². The summed E-state index contributed by atoms with van der Waals surface area (Å²) in [4.78, 5) is 24.3. The minimum absolute atomic E-state index is 0.300. The Morgan fingerprint density at radius 3 is 2.47 bits per heavy atom. The molecule has 1 fully saturated rings. The van der Waals surface area contributed by atoms with Crippen molar-refractivity contribution in [2.75, 3.05) is 13.2 Å². The number of sulfonamides is 1. The summed E-state index contributed by atoms with van der Waals surface area (Å²) >= 11 is 0. The van der Waals surface area contributed by atoms with E-state index in [1.54, 1.807) is 12.1 Å². The highest BCUT2D eigenvalue weighted by molar-refractivity contribution is 7.92. The van der Waals surface area contributed by atoms with E-state index in [0.29, 0.717) is 11.6 Å². The maximum Gasteiger partial charge on any atom is 0.321 e. The molecular weight excluding hydrogens is 404 g/mol. The fourth-order valence-corrected chi connectivity index (χ4v) is 4.03. The first-order valence-electron chi connectivity index (χ1n) is 9.78. The van der Waals surface area contributed by atoms with Crippen LogP contribution in [0.5, 0.6) is 0 Å². The van der Waals surface area contributed by atoms with Crippen molar-refractivity contribution in [3.05, 3.63) is 63.8 Å². The Balaban J connectivity index is 1.49. The number of ether oxygens (including phenoxy) is 1. The lowest BCUT2D eigenvalue weighted by molar-refractivity contribution is -0.141. The van der Waals surface area contributed by atoms with Crippen LogP contribution in [0.15, 0.2) is 35.7 Å². The Labute approximate surface area is 176 Å². The zero-order valence-corrected chi connectivity index (χ0v) is 18.2. The standard InChI is InChI=1S/C22H26N2O5S/c1-15-4-6-18(7-5-15)10-11-30(27,28)23-13-22(26)29-14-21(25)20-12-16(2)24(17(20)3)19-8-9-19/h4-7,10-12,19,23H,8-9,13-14H2,1-3H3/b11-10+. The fraction of sp³-hybridized carbons (Fsp3) is 0.364. The second-order valence-electron chi connectivity index (χ2n) is 7.55. The quantitative estimate of drug-likeness (QED) is 0.487. The van der Waals surface area contributed by atoms with Crippen molar-refractivity contribution in [2.24, 2.45) is 0 Å². The molecule has 1 aliphatic rings. The lowest BCUT2D eigenvalue weighted by atomic mass is 10.1. The predicted octanol–water partition coefficient (Wildman–Crippen LogP) is 3.06. The molecule has 1 aromatic heterocycles. The summed E-state index contributed by atoms with van der Waals surface area (Å²) in [6.07, 6.45) is 3.65. The van der Waals surface area contributed by atoms with Gasteiger partial charge >= 0.3 is 5.97 Å². The van der Waals surface area contributed by atoms with Gasteiger partial charge in [0.1, 0.15) is 6.54 Å². The van der Waals surface area contributed by atoms with Crippen LogP contribution in [0, 0.1) is 20.8 Å². The summed E-state index contributed by atoms with van der Waals surface area (Å²) in [5.41, 5.74) is 4.22. The minimum atomic E-state index is -3.81. The lowest BCUT2D eigenvalue weighted by Gasteiger charge is -2.08. The molecule has 0 aliphatic heterocycles. The van der Waals surface area contributed by atoms with E-state index in [1.165, 1.54) is 6.08 Å². The number of ketones is 1. The summed E-state index contributed by atoms with van der Waals surface area (Å²) in [5, 5.41) is 0.989. The third-order valence-corrected chi connectivity index (χ3v) is 6.04. The Bertz CT molecular complexity index is 1080. The lowest BCUT2D eigenvalue weighted by Crippen LogP contribution is -2.30. The summed E-state index contributed by atoms with van der Waals surface area (Å²) in [6, 6.07) is 9.59. The molecule has 0 bridgehead atoms. The zero-order chi connectivity index (χ0) is 21.9. The van der Waals surface area contributed by atoms with E-state index in [0.717, 1.165) is 40.8 Å². The molecule has 0 amide bonds. The van der Waals surface area contributed by atoms with Gasteiger partial charge in [0, 0.05) is 28.4 Å². The molecule has 0 unspecified atom stereocenters. The van der Waals surface area contributed by atoms with Crippen LogP contribution < -0.4 is 4.72 Å². The highest BCUT2D eigenvalue weighted by Gasteiger charge is 2.28. The van der Waals surface area contributed by atoms with Crippen molar-refractivity contribution in [1.29, 1.82) is 0 Å². The van der Waals surface area contributed by atoms with Gasteiger partial charge in [-0.25, -0.2) is 13.1 Å². The van der Waals surface area contributed by atoms with Crippen molar-refractivity contribution >= 4 is 27.9 Å². The normalized spacial score (nSPS) is 14.2. The first-order chi connectivity index (χ1) is 14.2. The Morgan fingerprint density at radius 2 is 1.83 bits per heavy atom. The van der Waals surface area contributed by atoms with Gasteiger partial charge in [0.25, 0.3) is 0 Å². The number of benzene rings is 1. The van der Waals surface area contributed by atoms with Crippen molar-refractivity contribution in [2.45, 2.75) is 39.7 Å². The van der Waals surface area contributed by atoms with Gasteiger partial charge in [0.15, 0.2) is 6.61 Å². The summed E-state index contributed by atoms with van der Waals surface area (Å²) < 4.78 is 33.3. The van der Waals surface area contributed by atoms with E-state index >= 15 is 0 Å². The monoisotopic (exact) mass is 430 g/mol. The van der Waals surface area contributed by atoms with Crippen molar-refractivity contribution in [1.82, 2.24) is 9.29 Å². The molecule has 1 N–H and O–H groups in total. The van der Waals surface area contributed by atoms with Crippen LogP contribution in [0.4, 0.5) is 0 Å². The molecule has 1 aliphatic carbocycles. The first-order valence-corrected chi connectivity index (χ1v) is 11.3. The number of nitrogens with one attached hydrogen (secondary N) is 1. The van der Waals surface area contributed by atoms with Gasteiger partial charge in [-0.1, -0.05) is 29.8 Å². The Hall–Kier alpha value is -2.71. The van der Waals surface area contributed by atoms with Crippen LogP contribution in [0.3, 0.4) is 0 Å². The summed E-state index contributed by atoms with van der Waals surface area (Å²) in [6.45, 7) is 4.80. The third-order valence-electron chi connectivity index (χ3n) is 5.00. The zero-order valence-electron chi connectivity index (χ0n) is 17.3. The van der Waals surface area contributed by atoms with E-state index in [9.17, 15) is 18.0 Å². The second-order valence-corrected chi connectivity index (χ2v) is 9.20. The van der Waals surface area contributed by atoms with Gasteiger partial charge in [0.2, 0.25) is 15.8 Å². The minimum Gasteiger partial charge on any atom is -0.456 e. The molecule has 1 heterocycles. The van der Waals surface area contributed by atoms with E-state index in [2.05, 4.69) is 9.29 Å². The van der Waals surface area contributed by atoms with E-state index in [-0.39, 0.29) is 5.78 Å².